The van der Waals surface area contributed by atoms with Gasteiger partial charge < -0.3 is 15.1 Å². The summed E-state index contributed by atoms with van der Waals surface area (Å²) in [5, 5.41) is 6.97. The molecule has 0 aliphatic carbocycles. The van der Waals surface area contributed by atoms with Crippen LogP contribution >= 0.6 is 24.0 Å². The van der Waals surface area contributed by atoms with E-state index in [4.69, 9.17) is 0 Å². The minimum atomic E-state index is -1.49. The maximum Gasteiger partial charge on any atom is 0.246 e. The maximum atomic E-state index is 13.9. The molecule has 1 fully saturated rings. The van der Waals surface area contributed by atoms with E-state index in [2.05, 4.69) is 15.4 Å². The highest BCUT2D eigenvalue weighted by Crippen LogP contribution is 2.21. The number of rotatable bonds is 4. The van der Waals surface area contributed by atoms with E-state index in [9.17, 15) is 22.4 Å². The number of carbonyl (C=O) groups excluding carboxylic acids is 1. The average molecular weight is 540 g/mol. The fraction of sp³-hybridized carbons (Fsp3) is 0.389. The third-order valence-electron chi connectivity index (χ3n) is 4.45. The van der Waals surface area contributed by atoms with E-state index in [1.54, 1.807) is 40.8 Å². The number of guanidine groups is 1. The van der Waals surface area contributed by atoms with Gasteiger partial charge in [0.25, 0.3) is 0 Å². The van der Waals surface area contributed by atoms with Gasteiger partial charge in [-0.1, -0.05) is 0 Å². The Hall–Kier alpha value is -2.38. The molecule has 0 radical (unpaired) electrons. The Morgan fingerprint density at radius 3 is 2.40 bits per heavy atom. The number of carbonyl (C=O) groups is 1. The van der Waals surface area contributed by atoms with E-state index in [1.165, 1.54) is 0 Å². The lowest BCUT2D eigenvalue weighted by atomic mass is 10.2. The molecule has 1 N–H and O–H groups in total. The van der Waals surface area contributed by atoms with E-state index >= 15 is 0 Å². The molecular weight excluding hydrogens is 519 g/mol. The van der Waals surface area contributed by atoms with Crippen molar-refractivity contribution in [3.63, 3.8) is 0 Å². The topological polar surface area (TPSA) is 65.8 Å². The molecule has 30 heavy (non-hydrogen) atoms. The summed E-state index contributed by atoms with van der Waals surface area (Å²) in [6.07, 6.45) is 3.30. The van der Waals surface area contributed by atoms with Crippen LogP contribution in [0.2, 0.25) is 0 Å². The summed E-state index contributed by atoms with van der Waals surface area (Å²) in [7, 11) is 1.74. The molecule has 0 atom stereocenters. The maximum absolute atomic E-state index is 13.9. The van der Waals surface area contributed by atoms with Crippen LogP contribution in [0.3, 0.4) is 0 Å². The van der Waals surface area contributed by atoms with E-state index in [0.717, 1.165) is 0 Å². The van der Waals surface area contributed by atoms with Crippen LogP contribution < -0.4 is 10.2 Å². The zero-order chi connectivity index (χ0) is 21.1. The second kappa shape index (κ2) is 10.1. The average Bonchev–Trinajstić information content (AvgIpc) is 3.11. The van der Waals surface area contributed by atoms with Crippen LogP contribution in [0.15, 0.2) is 23.5 Å². The van der Waals surface area contributed by atoms with Gasteiger partial charge in [0.15, 0.2) is 29.2 Å². The van der Waals surface area contributed by atoms with Crippen LogP contribution in [0.1, 0.15) is 12.5 Å². The quantitative estimate of drug-likeness (QED) is 0.213. The number of hydrogen-bond donors (Lipinski definition) is 1. The van der Waals surface area contributed by atoms with Crippen LogP contribution in [0.4, 0.5) is 23.2 Å². The summed E-state index contributed by atoms with van der Waals surface area (Å²) in [6.45, 7) is 2.32. The van der Waals surface area contributed by atoms with Gasteiger partial charge in [0.1, 0.15) is 6.54 Å². The van der Waals surface area contributed by atoms with Gasteiger partial charge in [0.05, 0.1) is 24.0 Å². The molecule has 1 aromatic heterocycles. The van der Waals surface area contributed by atoms with Crippen molar-refractivity contribution in [1.82, 2.24) is 20.0 Å². The first-order chi connectivity index (χ1) is 13.8. The number of aliphatic imine (C=N–C) groups is 1. The highest BCUT2D eigenvalue weighted by molar-refractivity contribution is 14.0. The monoisotopic (exact) mass is 540 g/mol. The van der Waals surface area contributed by atoms with Gasteiger partial charge in [-0.05, 0) is 6.92 Å². The molecule has 1 saturated heterocycles. The number of halogens is 5. The van der Waals surface area contributed by atoms with E-state index in [1.807, 2.05) is 0 Å². The minimum Gasteiger partial charge on any atom is -0.356 e. The van der Waals surface area contributed by atoms with Gasteiger partial charge in [0.2, 0.25) is 5.91 Å². The fourth-order valence-corrected chi connectivity index (χ4v) is 3.02. The molecule has 0 unspecified atom stereocenters. The van der Waals surface area contributed by atoms with Crippen molar-refractivity contribution in [3.05, 3.63) is 47.3 Å². The summed E-state index contributed by atoms with van der Waals surface area (Å²) in [4.78, 5) is 19.8. The Labute approximate surface area is 187 Å². The third kappa shape index (κ3) is 5.02. The van der Waals surface area contributed by atoms with Crippen molar-refractivity contribution in [2.45, 2.75) is 13.5 Å². The Kier molecular flexibility index (Phi) is 8.03. The number of benzene rings is 1. The SMILES string of the molecule is CCNC(=NCc1c(F)c(F)cc(F)c1F)N1CCN(c2cnn(C)c2)C(=O)C1.I. The molecule has 1 aliphatic heterocycles. The summed E-state index contributed by atoms with van der Waals surface area (Å²) >= 11 is 0. The number of nitrogens with zero attached hydrogens (tertiary/aromatic N) is 5. The number of anilines is 1. The molecule has 7 nitrogen and oxygen atoms in total. The summed E-state index contributed by atoms with van der Waals surface area (Å²) in [5.74, 6) is -5.93. The zero-order valence-corrected chi connectivity index (χ0v) is 18.7. The van der Waals surface area contributed by atoms with Crippen LogP contribution in [0.25, 0.3) is 0 Å². The first-order valence-corrected chi connectivity index (χ1v) is 8.96. The molecule has 164 valence electrons. The molecule has 0 spiro atoms. The normalized spacial score (nSPS) is 14.7. The van der Waals surface area contributed by atoms with Gasteiger partial charge in [-0.2, -0.15) is 5.10 Å². The van der Waals surface area contributed by atoms with Crippen LogP contribution in [-0.2, 0) is 18.4 Å². The molecule has 1 aromatic carbocycles. The second-order valence-corrected chi connectivity index (χ2v) is 6.46. The third-order valence-corrected chi connectivity index (χ3v) is 4.45. The van der Waals surface area contributed by atoms with Crippen molar-refractivity contribution >= 4 is 41.5 Å². The Bertz CT molecular complexity index is 925. The van der Waals surface area contributed by atoms with Gasteiger partial charge >= 0.3 is 0 Å². The Morgan fingerprint density at radius 2 is 1.87 bits per heavy atom. The summed E-state index contributed by atoms with van der Waals surface area (Å²) in [6, 6.07) is 0.152. The van der Waals surface area contributed by atoms with Crippen LogP contribution in [-0.4, -0.2) is 52.7 Å². The molecule has 12 heteroatoms. The molecule has 0 saturated carbocycles. The molecular formula is C18H21F4IN6O. The number of amides is 1. The highest BCUT2D eigenvalue weighted by Gasteiger charge is 2.28. The molecule has 0 bridgehead atoms. The Morgan fingerprint density at radius 1 is 1.20 bits per heavy atom. The predicted molar refractivity (Wildman–Crippen MR) is 114 cm³/mol. The standard InChI is InChI=1S/C18H20F4N6O.HI/c1-3-23-18(24-8-12-16(21)13(19)6-14(20)17(12)22)27-4-5-28(15(29)10-27)11-7-25-26(2)9-11;/h6-7,9H,3-5,8,10H2,1-2H3,(H,23,24);1H. The van der Waals surface area contributed by atoms with Crippen LogP contribution in [0, 0.1) is 23.3 Å². The van der Waals surface area contributed by atoms with Gasteiger partial charge in [-0.3, -0.25) is 9.48 Å². The lowest BCUT2D eigenvalue weighted by molar-refractivity contribution is -0.120. The molecule has 2 heterocycles. The predicted octanol–water partition coefficient (Wildman–Crippen LogP) is 2.41. The van der Waals surface area contributed by atoms with Crippen molar-refractivity contribution < 1.29 is 22.4 Å². The lowest BCUT2D eigenvalue weighted by Crippen LogP contribution is -2.55. The summed E-state index contributed by atoms with van der Waals surface area (Å²) < 4.78 is 56.1. The zero-order valence-electron chi connectivity index (χ0n) is 16.3. The number of nitrogens with one attached hydrogen (secondary N) is 1. The van der Waals surface area contributed by atoms with Crippen molar-refractivity contribution in [2.75, 3.05) is 31.1 Å². The second-order valence-electron chi connectivity index (χ2n) is 6.46. The van der Waals surface area contributed by atoms with E-state index < -0.39 is 35.4 Å². The molecule has 2 aromatic rings. The lowest BCUT2D eigenvalue weighted by Gasteiger charge is -2.35. The molecule has 3 rings (SSSR count). The number of aromatic nitrogens is 2. The largest absolute Gasteiger partial charge is 0.356 e. The van der Waals surface area contributed by atoms with Gasteiger partial charge in [-0.25, -0.2) is 22.6 Å². The Balaban J connectivity index is 0.00000320. The molecule has 1 amide bonds. The minimum absolute atomic E-state index is 0. The number of aryl methyl sites for hydroxylation is 1. The van der Waals surface area contributed by atoms with E-state index in [-0.39, 0.29) is 48.5 Å². The van der Waals surface area contributed by atoms with Crippen molar-refractivity contribution in [1.29, 1.82) is 0 Å². The smallest absolute Gasteiger partial charge is 0.246 e. The molecule has 1 aliphatic rings. The van der Waals surface area contributed by atoms with Crippen LogP contribution in [0.5, 0.6) is 0 Å². The van der Waals surface area contributed by atoms with E-state index in [0.29, 0.717) is 25.3 Å². The number of hydrogen-bond acceptors (Lipinski definition) is 3. The van der Waals surface area contributed by atoms with Crippen molar-refractivity contribution in [3.8, 4) is 0 Å². The first kappa shape index (κ1) is 23.9. The van der Waals surface area contributed by atoms with Gasteiger partial charge in [-0.15, -0.1) is 24.0 Å². The van der Waals surface area contributed by atoms with Gasteiger partial charge in [0, 0.05) is 38.9 Å². The fourth-order valence-electron chi connectivity index (χ4n) is 3.02. The highest BCUT2D eigenvalue weighted by atomic mass is 127. The first-order valence-electron chi connectivity index (χ1n) is 8.96. The van der Waals surface area contributed by atoms with Crippen molar-refractivity contribution in [2.24, 2.45) is 12.0 Å². The summed E-state index contributed by atoms with van der Waals surface area (Å²) in [5.41, 5.74) is -0.142. The number of piperazine rings is 1.